The fourth-order valence-corrected chi connectivity index (χ4v) is 2.74. The molecule has 1 saturated carbocycles. The number of carbonyl (C=O) groups is 2. The van der Waals surface area contributed by atoms with Crippen LogP contribution in [0.5, 0.6) is 0 Å². The van der Waals surface area contributed by atoms with E-state index >= 15 is 0 Å². The van der Waals surface area contributed by atoms with Crippen molar-refractivity contribution >= 4 is 11.9 Å². The fraction of sp³-hybridized carbons (Fsp3) is 0.857. The molecule has 0 aliphatic heterocycles. The van der Waals surface area contributed by atoms with Gasteiger partial charge < -0.3 is 16.2 Å². The fourth-order valence-electron chi connectivity index (χ4n) is 2.74. The van der Waals surface area contributed by atoms with Gasteiger partial charge in [0.05, 0.1) is 5.92 Å². The molecule has 0 aromatic heterocycles. The summed E-state index contributed by atoms with van der Waals surface area (Å²) in [5.41, 5.74) is 5.78. The molecule has 0 spiro atoms. The highest BCUT2D eigenvalue weighted by Gasteiger charge is 2.33. The predicted molar refractivity (Wildman–Crippen MR) is 73.6 cm³/mol. The van der Waals surface area contributed by atoms with Crippen LogP contribution < -0.4 is 11.1 Å². The number of aliphatic carboxylic acids is 1. The largest absolute Gasteiger partial charge is 0.481 e. The molecule has 1 rings (SSSR count). The Balaban J connectivity index is 2.51. The molecule has 0 aromatic carbocycles. The van der Waals surface area contributed by atoms with Crippen LogP contribution >= 0.6 is 0 Å². The van der Waals surface area contributed by atoms with Crippen LogP contribution in [0.2, 0.25) is 0 Å². The van der Waals surface area contributed by atoms with Crippen LogP contribution in [0.1, 0.15) is 52.4 Å². The lowest BCUT2D eigenvalue weighted by molar-refractivity contribution is -0.142. The highest BCUT2D eigenvalue weighted by atomic mass is 16.4. The molecule has 0 radical (unpaired) electrons. The van der Waals surface area contributed by atoms with Gasteiger partial charge in [0.1, 0.15) is 0 Å². The Morgan fingerprint density at radius 3 is 2.32 bits per heavy atom. The maximum Gasteiger partial charge on any atom is 0.308 e. The highest BCUT2D eigenvalue weighted by molar-refractivity contribution is 5.78. The SMILES string of the molecule is CC(NC(=O)CC1(CN)CCCCC1)C(C)C(=O)O. The number of rotatable bonds is 6. The van der Waals surface area contributed by atoms with Gasteiger partial charge in [-0.05, 0) is 38.6 Å². The quantitative estimate of drug-likeness (QED) is 0.682. The van der Waals surface area contributed by atoms with Gasteiger partial charge in [0, 0.05) is 12.5 Å². The third-order valence-electron chi connectivity index (χ3n) is 4.41. The van der Waals surface area contributed by atoms with Gasteiger partial charge in [0.15, 0.2) is 0 Å². The van der Waals surface area contributed by atoms with Crippen LogP contribution in [0.25, 0.3) is 0 Å². The minimum Gasteiger partial charge on any atom is -0.481 e. The lowest BCUT2D eigenvalue weighted by Gasteiger charge is -2.36. The van der Waals surface area contributed by atoms with Crippen LogP contribution in [-0.4, -0.2) is 29.6 Å². The average Bonchev–Trinajstić information content (AvgIpc) is 2.38. The van der Waals surface area contributed by atoms with Gasteiger partial charge in [0.25, 0.3) is 0 Å². The molecule has 0 heterocycles. The van der Waals surface area contributed by atoms with Gasteiger partial charge in [-0.1, -0.05) is 19.3 Å². The zero-order valence-corrected chi connectivity index (χ0v) is 11.9. The van der Waals surface area contributed by atoms with Gasteiger partial charge in [-0.2, -0.15) is 0 Å². The van der Waals surface area contributed by atoms with Gasteiger partial charge in [-0.3, -0.25) is 9.59 Å². The third-order valence-corrected chi connectivity index (χ3v) is 4.41. The maximum atomic E-state index is 12.1. The molecule has 2 unspecified atom stereocenters. The van der Waals surface area contributed by atoms with Crippen molar-refractivity contribution in [1.29, 1.82) is 0 Å². The van der Waals surface area contributed by atoms with E-state index in [1.807, 2.05) is 0 Å². The first kappa shape index (κ1) is 16.0. The summed E-state index contributed by atoms with van der Waals surface area (Å²) in [6.45, 7) is 3.86. The van der Waals surface area contributed by atoms with E-state index in [0.29, 0.717) is 13.0 Å². The lowest BCUT2D eigenvalue weighted by Crippen LogP contribution is -2.44. The number of nitrogens with two attached hydrogens (primary N) is 1. The molecule has 0 aromatic rings. The van der Waals surface area contributed by atoms with Gasteiger partial charge in [-0.15, -0.1) is 0 Å². The second-order valence-corrected chi connectivity index (χ2v) is 5.92. The number of carbonyl (C=O) groups excluding carboxylic acids is 1. The maximum absolute atomic E-state index is 12.1. The second-order valence-electron chi connectivity index (χ2n) is 5.92. The molecule has 110 valence electrons. The number of hydrogen-bond donors (Lipinski definition) is 3. The van der Waals surface area contributed by atoms with Gasteiger partial charge in [0.2, 0.25) is 5.91 Å². The molecule has 1 amide bonds. The number of carboxylic acid groups (broad SMARTS) is 1. The van der Waals surface area contributed by atoms with Crippen molar-refractivity contribution in [1.82, 2.24) is 5.32 Å². The number of nitrogens with one attached hydrogen (secondary N) is 1. The molecule has 2 atom stereocenters. The average molecular weight is 270 g/mol. The van der Waals surface area contributed by atoms with Crippen LogP contribution in [0.3, 0.4) is 0 Å². The minimum atomic E-state index is -0.890. The Morgan fingerprint density at radius 1 is 1.26 bits per heavy atom. The standard InChI is InChI=1S/C14H26N2O3/c1-10(13(18)19)11(2)16-12(17)8-14(9-15)6-4-3-5-7-14/h10-11H,3-9,15H2,1-2H3,(H,16,17)(H,18,19). The van der Waals surface area contributed by atoms with Crippen molar-refractivity contribution in [3.63, 3.8) is 0 Å². The van der Waals surface area contributed by atoms with E-state index in [0.717, 1.165) is 25.7 Å². The molecule has 19 heavy (non-hydrogen) atoms. The zero-order valence-electron chi connectivity index (χ0n) is 11.9. The van der Waals surface area contributed by atoms with Crippen molar-refractivity contribution in [3.8, 4) is 0 Å². The van der Waals surface area contributed by atoms with Crippen LogP contribution in [0.15, 0.2) is 0 Å². The van der Waals surface area contributed by atoms with E-state index in [9.17, 15) is 9.59 Å². The van der Waals surface area contributed by atoms with Crippen molar-refractivity contribution in [3.05, 3.63) is 0 Å². The smallest absolute Gasteiger partial charge is 0.308 e. The van der Waals surface area contributed by atoms with Crippen molar-refractivity contribution < 1.29 is 14.7 Å². The molecule has 5 heteroatoms. The first-order valence-corrected chi connectivity index (χ1v) is 7.12. The summed E-state index contributed by atoms with van der Waals surface area (Å²) >= 11 is 0. The molecule has 4 N–H and O–H groups in total. The Hall–Kier alpha value is -1.10. The molecule has 0 bridgehead atoms. The molecule has 1 aliphatic rings. The summed E-state index contributed by atoms with van der Waals surface area (Å²) in [5, 5.41) is 11.7. The Labute approximate surface area is 114 Å². The monoisotopic (exact) mass is 270 g/mol. The van der Waals surface area contributed by atoms with Crippen LogP contribution in [0.4, 0.5) is 0 Å². The van der Waals surface area contributed by atoms with Crippen molar-refractivity contribution in [2.45, 2.75) is 58.4 Å². The molecular formula is C14H26N2O3. The van der Waals surface area contributed by atoms with Crippen LogP contribution in [0, 0.1) is 11.3 Å². The first-order chi connectivity index (χ1) is 8.90. The first-order valence-electron chi connectivity index (χ1n) is 7.12. The van der Waals surface area contributed by atoms with E-state index < -0.39 is 11.9 Å². The third kappa shape index (κ3) is 4.49. The summed E-state index contributed by atoms with van der Waals surface area (Å²) in [4.78, 5) is 22.9. The Morgan fingerprint density at radius 2 is 1.84 bits per heavy atom. The summed E-state index contributed by atoms with van der Waals surface area (Å²) in [5.74, 6) is -1.55. The summed E-state index contributed by atoms with van der Waals surface area (Å²) in [7, 11) is 0. The minimum absolute atomic E-state index is 0.0749. The molecular weight excluding hydrogens is 244 g/mol. The molecule has 0 saturated heterocycles. The summed E-state index contributed by atoms with van der Waals surface area (Å²) < 4.78 is 0. The van der Waals surface area contributed by atoms with Crippen molar-refractivity contribution in [2.75, 3.05) is 6.54 Å². The normalized spacial score (nSPS) is 21.4. The van der Waals surface area contributed by atoms with E-state index in [2.05, 4.69) is 5.32 Å². The zero-order chi connectivity index (χ0) is 14.5. The highest BCUT2D eigenvalue weighted by Crippen LogP contribution is 2.38. The van der Waals surface area contributed by atoms with E-state index in [1.54, 1.807) is 13.8 Å². The topological polar surface area (TPSA) is 92.4 Å². The number of amides is 1. The summed E-state index contributed by atoms with van der Waals surface area (Å²) in [6.07, 6.45) is 5.90. The molecule has 1 fully saturated rings. The lowest BCUT2D eigenvalue weighted by atomic mass is 9.71. The number of carboxylic acids is 1. The van der Waals surface area contributed by atoms with E-state index in [1.165, 1.54) is 6.42 Å². The Kier molecular flexibility index (Phi) is 5.79. The summed E-state index contributed by atoms with van der Waals surface area (Å²) in [6, 6.07) is -0.358. The van der Waals surface area contributed by atoms with Gasteiger partial charge in [-0.25, -0.2) is 0 Å². The Bertz CT molecular complexity index is 325. The second kappa shape index (κ2) is 6.89. The van der Waals surface area contributed by atoms with E-state index in [-0.39, 0.29) is 17.4 Å². The predicted octanol–water partition coefficient (Wildman–Crippen LogP) is 1.51. The van der Waals surface area contributed by atoms with Gasteiger partial charge >= 0.3 is 5.97 Å². The van der Waals surface area contributed by atoms with Crippen molar-refractivity contribution in [2.24, 2.45) is 17.1 Å². The molecule has 5 nitrogen and oxygen atoms in total. The molecule has 1 aliphatic carbocycles. The van der Waals surface area contributed by atoms with E-state index in [4.69, 9.17) is 10.8 Å². The number of hydrogen-bond acceptors (Lipinski definition) is 3. The van der Waals surface area contributed by atoms with Crippen LogP contribution in [-0.2, 0) is 9.59 Å².